The molecule has 7 heteroatoms. The standard InChI is InChI=1S/C15H12N2O3S2/c18-12(13-6-3-7-21-13)8-20-14(19)9-22-15-16-10-4-1-2-5-11(10)17-15/h1-7H,8-9H2,(H,16,17). The number of carbonyl (C=O) groups excluding carboxylic acids is 2. The van der Waals surface area contributed by atoms with E-state index < -0.39 is 5.97 Å². The molecule has 3 aromatic rings. The molecular weight excluding hydrogens is 320 g/mol. The molecule has 0 atom stereocenters. The van der Waals surface area contributed by atoms with E-state index in [0.717, 1.165) is 11.0 Å². The van der Waals surface area contributed by atoms with Gasteiger partial charge in [0, 0.05) is 0 Å². The number of nitrogens with zero attached hydrogens (tertiary/aromatic N) is 1. The molecule has 0 unspecified atom stereocenters. The maximum Gasteiger partial charge on any atom is 0.316 e. The Morgan fingerprint density at radius 2 is 2.09 bits per heavy atom. The lowest BCUT2D eigenvalue weighted by Crippen LogP contribution is -2.14. The van der Waals surface area contributed by atoms with Gasteiger partial charge in [0.2, 0.25) is 5.78 Å². The van der Waals surface area contributed by atoms with Crippen molar-refractivity contribution in [1.82, 2.24) is 9.97 Å². The molecule has 0 saturated heterocycles. The van der Waals surface area contributed by atoms with Crippen molar-refractivity contribution in [2.24, 2.45) is 0 Å². The number of aromatic nitrogens is 2. The molecular formula is C15H12N2O3S2. The molecule has 0 radical (unpaired) electrons. The van der Waals surface area contributed by atoms with E-state index >= 15 is 0 Å². The quantitative estimate of drug-likeness (QED) is 0.426. The average Bonchev–Trinajstić information content (AvgIpc) is 3.19. The summed E-state index contributed by atoms with van der Waals surface area (Å²) in [4.78, 5) is 31.4. The van der Waals surface area contributed by atoms with Crippen molar-refractivity contribution in [1.29, 1.82) is 0 Å². The van der Waals surface area contributed by atoms with Crippen molar-refractivity contribution in [3.63, 3.8) is 0 Å². The van der Waals surface area contributed by atoms with Gasteiger partial charge < -0.3 is 9.72 Å². The molecule has 0 aliphatic carbocycles. The smallest absolute Gasteiger partial charge is 0.316 e. The molecule has 0 fully saturated rings. The Morgan fingerprint density at radius 3 is 2.86 bits per heavy atom. The van der Waals surface area contributed by atoms with Gasteiger partial charge in [-0.25, -0.2) is 4.98 Å². The van der Waals surface area contributed by atoms with Gasteiger partial charge in [0.15, 0.2) is 11.8 Å². The number of carbonyl (C=O) groups is 2. The predicted octanol–water partition coefficient (Wildman–Crippen LogP) is 3.14. The molecule has 1 N–H and O–H groups in total. The largest absolute Gasteiger partial charge is 0.457 e. The van der Waals surface area contributed by atoms with E-state index in [4.69, 9.17) is 4.74 Å². The van der Waals surface area contributed by atoms with Gasteiger partial charge in [-0.1, -0.05) is 30.0 Å². The maximum absolute atomic E-state index is 11.7. The van der Waals surface area contributed by atoms with Gasteiger partial charge >= 0.3 is 5.97 Å². The highest BCUT2D eigenvalue weighted by Crippen LogP contribution is 2.19. The third-order valence-electron chi connectivity index (χ3n) is 2.85. The fourth-order valence-corrected chi connectivity index (χ4v) is 3.16. The van der Waals surface area contributed by atoms with Crippen LogP contribution in [0.5, 0.6) is 0 Å². The first-order valence-electron chi connectivity index (χ1n) is 6.52. The molecule has 2 heterocycles. The van der Waals surface area contributed by atoms with Crippen molar-refractivity contribution in [3.05, 3.63) is 46.7 Å². The first-order chi connectivity index (χ1) is 10.7. The number of fused-ring (bicyclic) bond motifs is 1. The first-order valence-corrected chi connectivity index (χ1v) is 8.39. The zero-order chi connectivity index (χ0) is 15.4. The minimum Gasteiger partial charge on any atom is -0.457 e. The number of ether oxygens (including phenoxy) is 1. The second-order valence-corrected chi connectivity index (χ2v) is 6.32. The summed E-state index contributed by atoms with van der Waals surface area (Å²) < 4.78 is 4.98. The monoisotopic (exact) mass is 332 g/mol. The lowest BCUT2D eigenvalue weighted by atomic mass is 10.3. The minimum absolute atomic E-state index is 0.109. The van der Waals surface area contributed by atoms with Crippen LogP contribution in [0.15, 0.2) is 46.9 Å². The molecule has 0 spiro atoms. The Bertz CT molecular complexity index is 763. The molecule has 5 nitrogen and oxygen atoms in total. The number of esters is 1. The van der Waals surface area contributed by atoms with Gasteiger partial charge in [-0.3, -0.25) is 9.59 Å². The SMILES string of the molecule is O=C(CSc1nc2ccccc2[nH]1)OCC(=O)c1cccs1. The number of thiophene rings is 1. The van der Waals surface area contributed by atoms with Crippen molar-refractivity contribution in [2.45, 2.75) is 5.16 Å². The van der Waals surface area contributed by atoms with Crippen LogP contribution in [0.2, 0.25) is 0 Å². The number of H-pyrrole nitrogens is 1. The molecule has 0 amide bonds. The number of thioether (sulfide) groups is 1. The fourth-order valence-electron chi connectivity index (χ4n) is 1.82. The number of ketones is 1. The lowest BCUT2D eigenvalue weighted by Gasteiger charge is -2.02. The second kappa shape index (κ2) is 6.76. The van der Waals surface area contributed by atoms with E-state index in [1.165, 1.54) is 23.1 Å². The van der Waals surface area contributed by atoms with Crippen molar-refractivity contribution in [2.75, 3.05) is 12.4 Å². The summed E-state index contributed by atoms with van der Waals surface area (Å²) in [5, 5.41) is 2.47. The zero-order valence-corrected chi connectivity index (χ0v) is 13.1. The normalized spacial score (nSPS) is 10.7. The predicted molar refractivity (Wildman–Crippen MR) is 86.4 cm³/mol. The van der Waals surface area contributed by atoms with Crippen LogP contribution in [0.25, 0.3) is 11.0 Å². The van der Waals surface area contributed by atoms with E-state index in [1.807, 2.05) is 29.6 Å². The third kappa shape index (κ3) is 3.55. The molecule has 0 saturated carbocycles. The van der Waals surface area contributed by atoms with E-state index in [1.54, 1.807) is 12.1 Å². The molecule has 3 rings (SSSR count). The van der Waals surface area contributed by atoms with Gasteiger partial charge in [0.25, 0.3) is 0 Å². The maximum atomic E-state index is 11.7. The van der Waals surface area contributed by atoms with Crippen molar-refractivity contribution >= 4 is 45.9 Å². The Labute approximate surface area is 134 Å². The van der Waals surface area contributed by atoms with Crippen LogP contribution >= 0.6 is 23.1 Å². The second-order valence-electron chi connectivity index (χ2n) is 4.41. The molecule has 1 aromatic carbocycles. The number of Topliss-reactive ketones (excluding diaryl/α,β-unsaturated/α-hetero) is 1. The number of hydrogen-bond acceptors (Lipinski definition) is 6. The lowest BCUT2D eigenvalue weighted by molar-refractivity contribution is -0.139. The summed E-state index contributed by atoms with van der Waals surface area (Å²) in [6.45, 7) is -0.222. The van der Waals surface area contributed by atoms with Gasteiger partial charge in [0.1, 0.15) is 0 Å². The van der Waals surface area contributed by atoms with Crippen molar-refractivity contribution in [3.8, 4) is 0 Å². The van der Waals surface area contributed by atoms with E-state index in [2.05, 4.69) is 9.97 Å². The topological polar surface area (TPSA) is 72.1 Å². The highest BCUT2D eigenvalue weighted by atomic mass is 32.2. The number of hydrogen-bond donors (Lipinski definition) is 1. The Balaban J connectivity index is 1.49. The summed E-state index contributed by atoms with van der Waals surface area (Å²) >= 11 is 2.59. The van der Waals surface area contributed by atoms with Crippen LogP contribution in [0.3, 0.4) is 0 Å². The Kier molecular flexibility index (Phi) is 4.55. The summed E-state index contributed by atoms with van der Waals surface area (Å²) in [6.07, 6.45) is 0. The number of benzene rings is 1. The van der Waals surface area contributed by atoms with Crippen LogP contribution in [0.1, 0.15) is 9.67 Å². The minimum atomic E-state index is -0.435. The van der Waals surface area contributed by atoms with Gasteiger partial charge in [-0.2, -0.15) is 0 Å². The van der Waals surface area contributed by atoms with Gasteiger partial charge in [-0.15, -0.1) is 11.3 Å². The summed E-state index contributed by atoms with van der Waals surface area (Å²) in [7, 11) is 0. The number of aromatic amines is 1. The highest BCUT2D eigenvalue weighted by Gasteiger charge is 2.12. The molecule has 0 aliphatic rings. The van der Waals surface area contributed by atoms with Crippen LogP contribution in [-0.2, 0) is 9.53 Å². The Morgan fingerprint density at radius 1 is 1.23 bits per heavy atom. The van der Waals surface area contributed by atoms with Crippen LogP contribution in [-0.4, -0.2) is 34.1 Å². The number of para-hydroxylation sites is 2. The molecule has 2 aromatic heterocycles. The highest BCUT2D eigenvalue weighted by molar-refractivity contribution is 7.99. The number of imidazole rings is 1. The molecule has 22 heavy (non-hydrogen) atoms. The van der Waals surface area contributed by atoms with Crippen molar-refractivity contribution < 1.29 is 14.3 Å². The first kappa shape index (κ1) is 14.8. The van der Waals surface area contributed by atoms with Crippen LogP contribution in [0.4, 0.5) is 0 Å². The van der Waals surface area contributed by atoms with Crippen LogP contribution in [0, 0.1) is 0 Å². The van der Waals surface area contributed by atoms with Gasteiger partial charge in [0.05, 0.1) is 21.7 Å². The fraction of sp³-hybridized carbons (Fsp3) is 0.133. The van der Waals surface area contributed by atoms with E-state index in [0.29, 0.717) is 10.0 Å². The van der Waals surface area contributed by atoms with Crippen LogP contribution < -0.4 is 0 Å². The summed E-state index contributed by atoms with van der Waals surface area (Å²) in [5.41, 5.74) is 1.78. The number of rotatable bonds is 6. The molecule has 0 aliphatic heterocycles. The molecule has 0 bridgehead atoms. The van der Waals surface area contributed by atoms with E-state index in [9.17, 15) is 9.59 Å². The summed E-state index contributed by atoms with van der Waals surface area (Å²) in [5.74, 6) is -0.509. The van der Waals surface area contributed by atoms with E-state index in [-0.39, 0.29) is 18.1 Å². The molecule has 112 valence electrons. The summed E-state index contributed by atoms with van der Waals surface area (Å²) in [6, 6.07) is 11.1. The zero-order valence-electron chi connectivity index (χ0n) is 11.4. The Hall–Kier alpha value is -2.12. The third-order valence-corrected chi connectivity index (χ3v) is 4.61. The number of nitrogens with one attached hydrogen (secondary N) is 1. The average molecular weight is 332 g/mol. The van der Waals surface area contributed by atoms with Gasteiger partial charge in [-0.05, 0) is 23.6 Å².